The highest BCUT2D eigenvalue weighted by molar-refractivity contribution is 5.81. The van der Waals surface area contributed by atoms with E-state index in [-0.39, 0.29) is 31.6 Å². The number of carbonyl (C=O) groups excluding carboxylic acids is 4. The number of rotatable bonds is 12. The van der Waals surface area contributed by atoms with Gasteiger partial charge < -0.3 is 20.1 Å². The minimum absolute atomic E-state index is 0.106. The lowest BCUT2D eigenvalue weighted by atomic mass is 9.57. The number of amides is 2. The van der Waals surface area contributed by atoms with Crippen LogP contribution in [-0.2, 0) is 28.7 Å². The van der Waals surface area contributed by atoms with Crippen LogP contribution in [0.4, 0.5) is 17.6 Å². The van der Waals surface area contributed by atoms with Crippen molar-refractivity contribution >= 4 is 23.8 Å². The first kappa shape index (κ1) is 38.0. The lowest BCUT2D eigenvalue weighted by Crippen LogP contribution is -2.59. The van der Waals surface area contributed by atoms with Gasteiger partial charge in [0.05, 0.1) is 62.0 Å². The fraction of sp³-hybridized carbons (Fsp3) is 0.778. The van der Waals surface area contributed by atoms with Crippen molar-refractivity contribution in [3.05, 3.63) is 12.3 Å². The van der Waals surface area contributed by atoms with Gasteiger partial charge in [-0.15, -0.1) is 0 Å². The van der Waals surface area contributed by atoms with Crippen LogP contribution in [-0.4, -0.2) is 101 Å². The second kappa shape index (κ2) is 14.2. The Balaban J connectivity index is 0.875. The summed E-state index contributed by atoms with van der Waals surface area (Å²) < 4.78 is 66.2. The van der Waals surface area contributed by atoms with Crippen LogP contribution in [0.5, 0.6) is 0 Å². The van der Waals surface area contributed by atoms with Crippen LogP contribution in [0.1, 0.15) is 96.3 Å². The van der Waals surface area contributed by atoms with Gasteiger partial charge in [0.25, 0.3) is 11.8 Å². The van der Waals surface area contributed by atoms with Crippen molar-refractivity contribution in [3.8, 4) is 12.1 Å². The van der Waals surface area contributed by atoms with Gasteiger partial charge in [-0.2, -0.15) is 10.5 Å². The third-order valence-corrected chi connectivity index (χ3v) is 12.7. The molecule has 16 heteroatoms. The van der Waals surface area contributed by atoms with E-state index in [9.17, 15) is 47.3 Å². The van der Waals surface area contributed by atoms with Crippen LogP contribution >= 0.6 is 0 Å². The molecule has 12 nitrogen and oxygen atoms in total. The van der Waals surface area contributed by atoms with E-state index >= 15 is 0 Å². The highest BCUT2D eigenvalue weighted by Gasteiger charge is 2.56. The van der Waals surface area contributed by atoms with Gasteiger partial charge in [-0.3, -0.25) is 29.0 Å². The zero-order valence-corrected chi connectivity index (χ0v) is 29.2. The maximum absolute atomic E-state index is 13.8. The van der Waals surface area contributed by atoms with Crippen molar-refractivity contribution in [1.29, 1.82) is 10.5 Å². The highest BCUT2D eigenvalue weighted by atomic mass is 19.3. The molecule has 0 aromatic heterocycles. The van der Waals surface area contributed by atoms with Crippen molar-refractivity contribution in [2.45, 2.75) is 131 Å². The van der Waals surface area contributed by atoms with E-state index in [1.54, 1.807) is 6.08 Å². The van der Waals surface area contributed by atoms with Crippen LogP contribution < -0.4 is 10.6 Å². The number of esters is 2. The molecule has 6 saturated carbocycles. The number of alkyl halides is 4. The summed E-state index contributed by atoms with van der Waals surface area (Å²) in [6.45, 7) is -1.68. The Labute approximate surface area is 300 Å². The van der Waals surface area contributed by atoms with Gasteiger partial charge in [0.15, 0.2) is 0 Å². The smallest absolute Gasteiger partial charge is 0.316 e. The molecule has 0 aromatic rings. The van der Waals surface area contributed by atoms with Crippen LogP contribution in [0.2, 0.25) is 0 Å². The van der Waals surface area contributed by atoms with Crippen molar-refractivity contribution in [3.63, 3.8) is 0 Å². The number of nitrogens with zero attached hydrogens (tertiary/aromatic N) is 4. The van der Waals surface area contributed by atoms with Crippen LogP contribution in [0.25, 0.3) is 0 Å². The first-order chi connectivity index (χ1) is 24.5. The molecule has 8 rings (SSSR count). The summed E-state index contributed by atoms with van der Waals surface area (Å²) in [4.78, 5) is 54.2. The van der Waals surface area contributed by atoms with Crippen molar-refractivity contribution < 1.29 is 46.2 Å². The van der Waals surface area contributed by atoms with E-state index in [1.165, 1.54) is 16.1 Å². The van der Waals surface area contributed by atoms with Gasteiger partial charge in [0, 0.05) is 30.3 Å². The molecule has 284 valence electrons. The summed E-state index contributed by atoms with van der Waals surface area (Å²) >= 11 is 0. The summed E-state index contributed by atoms with van der Waals surface area (Å²) in [5.74, 6) is -7.42. The lowest BCUT2D eigenvalue weighted by molar-refractivity contribution is -0.164. The largest absolute Gasteiger partial charge is 0.465 e. The average molecular weight is 735 g/mol. The zero-order valence-electron chi connectivity index (χ0n) is 29.2. The first-order valence-electron chi connectivity index (χ1n) is 18.2. The number of fused-ring (bicyclic) bond motifs is 6. The second-order valence-electron chi connectivity index (χ2n) is 16.1. The molecule has 6 aliphatic carbocycles. The molecule has 2 saturated heterocycles. The molecule has 2 amide bonds. The lowest BCUT2D eigenvalue weighted by Gasteiger charge is -2.52. The van der Waals surface area contributed by atoms with Gasteiger partial charge in [-0.05, 0) is 83.1 Å². The predicted molar refractivity (Wildman–Crippen MR) is 174 cm³/mol. The Kier molecular flexibility index (Phi) is 10.4. The number of nitriles is 2. The van der Waals surface area contributed by atoms with Crippen molar-refractivity contribution in [2.75, 3.05) is 32.8 Å². The molecule has 0 spiro atoms. The minimum atomic E-state index is -2.99. The fourth-order valence-corrected chi connectivity index (χ4v) is 9.43. The number of ether oxygens (including phenoxy) is 2. The molecule has 2 heterocycles. The Morgan fingerprint density at radius 2 is 1.08 bits per heavy atom. The SMILES string of the molecule is N#C[C@@H]1CC(F)(F)CN1CC(=O)NC12CCC(C(=O)OC=CCCOC(=O)C34CCC(NC(=O)CN5CC(F)(F)C[C@H]5C#N)(CC3)CC4)(CC1)CC2. The van der Waals surface area contributed by atoms with Gasteiger partial charge in [-0.1, -0.05) is 0 Å². The normalized spacial score (nSPS) is 36.2. The summed E-state index contributed by atoms with van der Waals surface area (Å²) in [6.07, 6.45) is 8.68. The number of nitrogens with one attached hydrogen (secondary N) is 2. The maximum Gasteiger partial charge on any atom is 0.316 e. The Bertz CT molecular complexity index is 1510. The molecule has 2 atom stereocenters. The molecule has 0 radical (unpaired) electrons. The molecule has 0 aromatic carbocycles. The molecular weight excluding hydrogens is 688 g/mol. The molecule has 2 N–H and O–H groups in total. The van der Waals surface area contributed by atoms with Crippen LogP contribution in [0, 0.1) is 33.5 Å². The van der Waals surface area contributed by atoms with Crippen LogP contribution in [0.3, 0.4) is 0 Å². The van der Waals surface area contributed by atoms with Gasteiger partial charge in [-0.25, -0.2) is 17.6 Å². The summed E-state index contributed by atoms with van der Waals surface area (Å²) in [5, 5.41) is 24.5. The number of carbonyl (C=O) groups is 4. The van der Waals surface area contributed by atoms with E-state index in [4.69, 9.17) is 9.47 Å². The minimum Gasteiger partial charge on any atom is -0.465 e. The maximum atomic E-state index is 13.8. The Hall–Kier alpha value is -3.76. The highest BCUT2D eigenvalue weighted by Crippen LogP contribution is 2.54. The molecule has 8 fully saturated rings. The average Bonchev–Trinajstić information content (AvgIpc) is 3.58. The zero-order chi connectivity index (χ0) is 37.4. The molecule has 52 heavy (non-hydrogen) atoms. The fourth-order valence-electron chi connectivity index (χ4n) is 9.43. The van der Waals surface area contributed by atoms with Crippen molar-refractivity contribution in [2.24, 2.45) is 10.8 Å². The van der Waals surface area contributed by atoms with Crippen LogP contribution in [0.15, 0.2) is 12.3 Å². The number of likely N-dealkylation sites (tertiary alicyclic amines) is 2. The third-order valence-electron chi connectivity index (χ3n) is 12.7. The number of hydrogen-bond donors (Lipinski definition) is 2. The standard InChI is InChI=1S/C36H46F4N6O6/c37-35(38)17-25(19-41)45(23-35)21-27(47)43-33-9-3-31(4-10-33,5-11-33)29(49)51-15-1-2-16-52-30(50)32-6-12-34(13-7-32,14-8-32)44-28(48)22-46-24-36(39,40)18-26(46)20-42/h1,15,25-26H,2-14,16-18,21-24H2,(H,43,47)(H,44,48)/t25-,26-,31?,32?,33?,34?/m0/s1. The van der Waals surface area contributed by atoms with Gasteiger partial charge in [0.2, 0.25) is 11.8 Å². The van der Waals surface area contributed by atoms with Gasteiger partial charge in [0.1, 0.15) is 12.1 Å². The first-order valence-corrected chi connectivity index (χ1v) is 18.2. The number of halogens is 4. The molecule has 0 unspecified atom stereocenters. The summed E-state index contributed by atoms with van der Waals surface area (Å²) in [6, 6.07) is 1.70. The Morgan fingerprint density at radius 3 is 1.48 bits per heavy atom. The monoisotopic (exact) mass is 734 g/mol. The topological polar surface area (TPSA) is 165 Å². The molecular formula is C36H46F4N6O6. The van der Waals surface area contributed by atoms with Crippen molar-refractivity contribution in [1.82, 2.24) is 20.4 Å². The number of hydrogen-bond acceptors (Lipinski definition) is 10. The van der Waals surface area contributed by atoms with E-state index in [0.29, 0.717) is 83.5 Å². The molecule has 8 aliphatic rings. The molecule has 2 aliphatic heterocycles. The van der Waals surface area contributed by atoms with E-state index < -0.39 is 83.6 Å². The summed E-state index contributed by atoms with van der Waals surface area (Å²) in [7, 11) is 0. The Morgan fingerprint density at radius 1 is 0.673 bits per heavy atom. The summed E-state index contributed by atoms with van der Waals surface area (Å²) in [5.41, 5.74) is -2.30. The third kappa shape index (κ3) is 7.93. The second-order valence-corrected chi connectivity index (χ2v) is 16.1. The quantitative estimate of drug-likeness (QED) is 0.130. The van der Waals surface area contributed by atoms with E-state index in [0.717, 1.165) is 0 Å². The molecule has 4 bridgehead atoms. The van der Waals surface area contributed by atoms with E-state index in [1.807, 2.05) is 12.1 Å². The predicted octanol–water partition coefficient (Wildman–Crippen LogP) is 3.86. The van der Waals surface area contributed by atoms with Gasteiger partial charge >= 0.3 is 11.9 Å². The van der Waals surface area contributed by atoms with E-state index in [2.05, 4.69) is 10.6 Å².